The first-order chi connectivity index (χ1) is 12.7. The van der Waals surface area contributed by atoms with E-state index >= 15 is 0 Å². The number of carbonyl (C=O) groups is 2. The Hall–Kier alpha value is -3.91. The van der Waals surface area contributed by atoms with Gasteiger partial charge in [0.05, 0.1) is 0 Å². The zero-order valence-corrected chi connectivity index (χ0v) is 13.6. The van der Waals surface area contributed by atoms with Crippen LogP contribution in [-0.2, 0) is 0 Å². The van der Waals surface area contributed by atoms with Crippen LogP contribution < -0.4 is 9.47 Å². The molecule has 5 heteroatoms. The standard InChI is InChI=1S/C21H13NO4/c22-12-19-20(25-17-8-4-15(13-23)5-9-17)2-1-3-21(19)26-18-10-6-16(14-24)7-11-18/h1-11,13-14H. The smallest absolute Gasteiger partial charge is 0.150 e. The molecule has 3 aromatic carbocycles. The summed E-state index contributed by atoms with van der Waals surface area (Å²) in [5, 5.41) is 9.52. The van der Waals surface area contributed by atoms with Crippen molar-refractivity contribution in [3.63, 3.8) is 0 Å². The minimum atomic E-state index is 0.242. The van der Waals surface area contributed by atoms with Crippen LogP contribution in [0.15, 0.2) is 66.7 Å². The average molecular weight is 343 g/mol. The van der Waals surface area contributed by atoms with E-state index in [2.05, 4.69) is 6.07 Å². The number of benzene rings is 3. The van der Waals surface area contributed by atoms with Crippen molar-refractivity contribution in [1.82, 2.24) is 0 Å². The van der Waals surface area contributed by atoms with Gasteiger partial charge < -0.3 is 9.47 Å². The highest BCUT2D eigenvalue weighted by molar-refractivity contribution is 5.75. The van der Waals surface area contributed by atoms with Crippen LogP contribution in [0.2, 0.25) is 0 Å². The largest absolute Gasteiger partial charge is 0.456 e. The van der Waals surface area contributed by atoms with E-state index in [0.29, 0.717) is 34.1 Å². The first kappa shape index (κ1) is 16.9. The van der Waals surface area contributed by atoms with Gasteiger partial charge in [-0.3, -0.25) is 9.59 Å². The molecule has 0 saturated carbocycles. The summed E-state index contributed by atoms with van der Waals surface area (Å²) < 4.78 is 11.5. The van der Waals surface area contributed by atoms with Crippen LogP contribution in [0.3, 0.4) is 0 Å². The van der Waals surface area contributed by atoms with E-state index in [1.165, 1.54) is 0 Å². The van der Waals surface area contributed by atoms with E-state index in [1.54, 1.807) is 66.7 Å². The molecular formula is C21H13NO4. The molecule has 126 valence electrons. The quantitative estimate of drug-likeness (QED) is 0.603. The summed E-state index contributed by atoms with van der Waals surface area (Å²) in [7, 11) is 0. The number of nitrogens with zero attached hydrogens (tertiary/aromatic N) is 1. The molecule has 0 aliphatic heterocycles. The molecule has 0 radical (unpaired) electrons. The zero-order chi connectivity index (χ0) is 18.4. The Morgan fingerprint density at radius 2 is 1.12 bits per heavy atom. The predicted octanol–water partition coefficient (Wildman–Crippen LogP) is 4.77. The zero-order valence-electron chi connectivity index (χ0n) is 13.6. The molecule has 0 aromatic heterocycles. The first-order valence-corrected chi connectivity index (χ1v) is 7.73. The van der Waals surface area contributed by atoms with Crippen LogP contribution >= 0.6 is 0 Å². The lowest BCUT2D eigenvalue weighted by Crippen LogP contribution is -1.93. The molecule has 0 spiro atoms. The molecule has 0 aliphatic rings. The van der Waals surface area contributed by atoms with Crippen molar-refractivity contribution in [1.29, 1.82) is 5.26 Å². The summed E-state index contributed by atoms with van der Waals surface area (Å²) in [4.78, 5) is 21.4. The average Bonchev–Trinajstić information content (AvgIpc) is 2.69. The van der Waals surface area contributed by atoms with Crippen LogP contribution in [0.25, 0.3) is 0 Å². The molecule has 0 N–H and O–H groups in total. The second-order valence-electron chi connectivity index (χ2n) is 5.32. The van der Waals surface area contributed by atoms with Crippen molar-refractivity contribution in [2.45, 2.75) is 0 Å². The van der Waals surface area contributed by atoms with Gasteiger partial charge in [-0.1, -0.05) is 6.07 Å². The Kier molecular flexibility index (Phi) is 5.06. The summed E-state index contributed by atoms with van der Waals surface area (Å²) in [5.41, 5.74) is 1.31. The molecule has 5 nitrogen and oxygen atoms in total. The van der Waals surface area contributed by atoms with Gasteiger partial charge in [0.15, 0.2) is 0 Å². The highest BCUT2D eigenvalue weighted by Gasteiger charge is 2.12. The lowest BCUT2D eigenvalue weighted by Gasteiger charge is -2.12. The first-order valence-electron chi connectivity index (χ1n) is 7.73. The van der Waals surface area contributed by atoms with Crippen LogP contribution in [0.5, 0.6) is 23.0 Å². The number of hydrogen-bond donors (Lipinski definition) is 0. The number of ether oxygens (including phenoxy) is 2. The van der Waals surface area contributed by atoms with Crippen LogP contribution in [0, 0.1) is 11.3 Å². The molecule has 0 atom stereocenters. The SMILES string of the molecule is N#Cc1c(Oc2ccc(C=O)cc2)cccc1Oc1ccc(C=O)cc1. The van der Waals surface area contributed by atoms with Crippen molar-refractivity contribution in [3.05, 3.63) is 83.4 Å². The fourth-order valence-corrected chi connectivity index (χ4v) is 2.27. The van der Waals surface area contributed by atoms with Crippen LogP contribution in [0.4, 0.5) is 0 Å². The second kappa shape index (κ2) is 7.77. The van der Waals surface area contributed by atoms with E-state index in [1.807, 2.05) is 0 Å². The van der Waals surface area contributed by atoms with Gasteiger partial charge in [-0.25, -0.2) is 0 Å². The summed E-state index contributed by atoms with van der Waals surface area (Å²) in [5.74, 6) is 1.68. The molecule has 0 heterocycles. The molecule has 3 aromatic rings. The fraction of sp³-hybridized carbons (Fsp3) is 0. The van der Waals surface area contributed by atoms with Gasteiger partial charge in [0.2, 0.25) is 0 Å². The summed E-state index contributed by atoms with van der Waals surface area (Å²) in [6.45, 7) is 0. The van der Waals surface area contributed by atoms with Gasteiger partial charge in [0.1, 0.15) is 47.2 Å². The third kappa shape index (κ3) is 3.77. The summed E-state index contributed by atoms with van der Waals surface area (Å²) in [6.07, 6.45) is 1.49. The lowest BCUT2D eigenvalue weighted by atomic mass is 10.2. The normalized spacial score (nSPS) is 9.81. The number of nitriles is 1. The Morgan fingerprint density at radius 1 is 0.692 bits per heavy atom. The topological polar surface area (TPSA) is 76.4 Å². The van der Waals surface area contributed by atoms with E-state index in [9.17, 15) is 14.9 Å². The molecule has 0 amide bonds. The van der Waals surface area contributed by atoms with Gasteiger partial charge in [-0.05, 0) is 60.7 Å². The number of carbonyl (C=O) groups excluding carboxylic acids is 2. The van der Waals surface area contributed by atoms with Gasteiger partial charge in [0.25, 0.3) is 0 Å². The maximum atomic E-state index is 10.7. The molecule has 26 heavy (non-hydrogen) atoms. The van der Waals surface area contributed by atoms with Crippen molar-refractivity contribution < 1.29 is 19.1 Å². The highest BCUT2D eigenvalue weighted by Crippen LogP contribution is 2.34. The number of aldehydes is 2. The minimum Gasteiger partial charge on any atom is -0.456 e. The maximum Gasteiger partial charge on any atom is 0.150 e. The molecule has 0 fully saturated rings. The summed E-state index contributed by atoms with van der Waals surface area (Å²) >= 11 is 0. The van der Waals surface area contributed by atoms with E-state index in [4.69, 9.17) is 9.47 Å². The van der Waals surface area contributed by atoms with Crippen molar-refractivity contribution in [2.75, 3.05) is 0 Å². The minimum absolute atomic E-state index is 0.242. The molecule has 0 bridgehead atoms. The van der Waals surface area contributed by atoms with Crippen molar-refractivity contribution in [3.8, 4) is 29.1 Å². The van der Waals surface area contributed by atoms with E-state index in [0.717, 1.165) is 12.6 Å². The van der Waals surface area contributed by atoms with E-state index in [-0.39, 0.29) is 5.56 Å². The van der Waals surface area contributed by atoms with Crippen molar-refractivity contribution in [2.24, 2.45) is 0 Å². The van der Waals surface area contributed by atoms with Gasteiger partial charge in [0, 0.05) is 11.1 Å². The Balaban J connectivity index is 1.87. The fourth-order valence-electron chi connectivity index (χ4n) is 2.27. The maximum absolute atomic E-state index is 10.7. The number of rotatable bonds is 6. The third-order valence-corrected chi connectivity index (χ3v) is 3.59. The third-order valence-electron chi connectivity index (χ3n) is 3.59. The predicted molar refractivity (Wildman–Crippen MR) is 95.0 cm³/mol. The molecule has 0 unspecified atom stereocenters. The lowest BCUT2D eigenvalue weighted by molar-refractivity contribution is 0.111. The molecule has 0 aliphatic carbocycles. The van der Waals surface area contributed by atoms with Gasteiger partial charge in [-0.2, -0.15) is 5.26 Å². The Morgan fingerprint density at radius 3 is 1.46 bits per heavy atom. The van der Waals surface area contributed by atoms with Crippen LogP contribution in [-0.4, -0.2) is 12.6 Å². The molecule has 0 saturated heterocycles. The summed E-state index contributed by atoms with van der Waals surface area (Å²) in [6, 6.07) is 20.2. The van der Waals surface area contributed by atoms with Gasteiger partial charge >= 0.3 is 0 Å². The Labute approximate surface area is 150 Å². The molecular weight excluding hydrogens is 330 g/mol. The molecule has 3 rings (SSSR count). The van der Waals surface area contributed by atoms with Crippen LogP contribution in [0.1, 0.15) is 26.3 Å². The number of hydrogen-bond acceptors (Lipinski definition) is 5. The second-order valence-corrected chi connectivity index (χ2v) is 5.32. The van der Waals surface area contributed by atoms with Gasteiger partial charge in [-0.15, -0.1) is 0 Å². The van der Waals surface area contributed by atoms with E-state index < -0.39 is 0 Å². The Bertz CT molecular complexity index is 899. The van der Waals surface area contributed by atoms with Crippen molar-refractivity contribution >= 4 is 12.6 Å². The highest BCUT2D eigenvalue weighted by atomic mass is 16.5. The monoisotopic (exact) mass is 343 g/mol.